The Labute approximate surface area is 262 Å². The molecule has 0 saturated carbocycles. The van der Waals surface area contributed by atoms with E-state index in [1.807, 2.05) is 20.8 Å². The molecule has 0 radical (unpaired) electrons. The fourth-order valence-electron chi connectivity index (χ4n) is 5.34. The van der Waals surface area contributed by atoms with Gasteiger partial charge in [-0.2, -0.15) is 0 Å². The largest absolute Gasteiger partial charge is 0.444 e. The average molecular weight is 614 g/mol. The highest BCUT2D eigenvalue weighted by atomic mass is 16.6. The number of hydrogen-bond acceptors (Lipinski definition) is 7. The van der Waals surface area contributed by atoms with Crippen molar-refractivity contribution in [3.63, 3.8) is 0 Å². The summed E-state index contributed by atoms with van der Waals surface area (Å²) in [4.78, 5) is 66.6. The Morgan fingerprint density at radius 2 is 1.20 bits per heavy atom. The molecule has 0 aromatic heterocycles. The molecule has 0 unspecified atom stereocenters. The van der Waals surface area contributed by atoms with Crippen LogP contribution in [0.25, 0.3) is 0 Å². The van der Waals surface area contributed by atoms with Gasteiger partial charge in [0, 0.05) is 58.7 Å². The maximum Gasteiger partial charge on any atom is 0.410 e. The fraction of sp³-hybridized carbons (Fsp3) is 0.667. The van der Waals surface area contributed by atoms with E-state index >= 15 is 0 Å². The number of amides is 5. The summed E-state index contributed by atoms with van der Waals surface area (Å²) in [7, 11) is 0. The summed E-state index contributed by atoms with van der Waals surface area (Å²) < 4.78 is 5.44. The first-order valence-electron chi connectivity index (χ1n) is 16.2. The summed E-state index contributed by atoms with van der Waals surface area (Å²) in [6.07, 6.45) is 7.25. The molecule has 0 aliphatic carbocycles. The van der Waals surface area contributed by atoms with Crippen molar-refractivity contribution in [1.82, 2.24) is 25.3 Å². The summed E-state index contributed by atoms with van der Waals surface area (Å²) in [5, 5.41) is 5.93. The molecular weight excluding hydrogens is 562 g/mol. The molecule has 11 heteroatoms. The van der Waals surface area contributed by atoms with Gasteiger partial charge in [-0.25, -0.2) is 4.79 Å². The maximum atomic E-state index is 12.4. The van der Waals surface area contributed by atoms with E-state index in [9.17, 15) is 24.0 Å². The van der Waals surface area contributed by atoms with Crippen LogP contribution < -0.4 is 10.6 Å². The number of benzene rings is 1. The molecule has 1 aromatic rings. The van der Waals surface area contributed by atoms with E-state index in [0.717, 1.165) is 58.2 Å². The lowest BCUT2D eigenvalue weighted by Gasteiger charge is -2.35. The molecule has 1 fully saturated rings. The van der Waals surface area contributed by atoms with E-state index in [1.54, 1.807) is 29.2 Å². The van der Waals surface area contributed by atoms with Crippen molar-refractivity contribution in [2.75, 3.05) is 52.4 Å². The molecule has 0 spiro atoms. The number of imide groups is 1. The first kappa shape index (κ1) is 35.0. The van der Waals surface area contributed by atoms with Gasteiger partial charge in [0.2, 0.25) is 11.8 Å². The first-order chi connectivity index (χ1) is 21.0. The molecule has 2 heterocycles. The molecule has 44 heavy (non-hydrogen) atoms. The van der Waals surface area contributed by atoms with Gasteiger partial charge in [0.15, 0.2) is 0 Å². The van der Waals surface area contributed by atoms with Crippen LogP contribution in [0, 0.1) is 0 Å². The normalized spacial score (nSPS) is 15.3. The predicted molar refractivity (Wildman–Crippen MR) is 168 cm³/mol. The minimum atomic E-state index is -0.475. The lowest BCUT2D eigenvalue weighted by molar-refractivity contribution is -0.122. The molecule has 2 aliphatic rings. The monoisotopic (exact) mass is 613 g/mol. The minimum Gasteiger partial charge on any atom is -0.444 e. The minimum absolute atomic E-state index is 0.00777. The molecule has 2 aliphatic heterocycles. The van der Waals surface area contributed by atoms with Gasteiger partial charge in [-0.1, -0.05) is 25.0 Å². The van der Waals surface area contributed by atoms with Crippen molar-refractivity contribution < 1.29 is 28.7 Å². The second-order valence-electron chi connectivity index (χ2n) is 12.6. The summed E-state index contributed by atoms with van der Waals surface area (Å²) in [5.41, 5.74) is 0.458. The highest BCUT2D eigenvalue weighted by Crippen LogP contribution is 2.23. The van der Waals surface area contributed by atoms with Crippen molar-refractivity contribution in [3.8, 4) is 0 Å². The highest BCUT2D eigenvalue weighted by molar-refractivity contribution is 6.21. The summed E-state index contributed by atoms with van der Waals surface area (Å²) in [6.45, 7) is 11.3. The van der Waals surface area contributed by atoms with Gasteiger partial charge in [0.05, 0.1) is 11.1 Å². The van der Waals surface area contributed by atoms with Gasteiger partial charge >= 0.3 is 6.09 Å². The molecule has 0 atom stereocenters. The average Bonchev–Trinajstić information content (AvgIpc) is 3.22. The third-order valence-corrected chi connectivity index (χ3v) is 7.81. The van der Waals surface area contributed by atoms with Gasteiger partial charge in [0.25, 0.3) is 11.8 Å². The van der Waals surface area contributed by atoms with Crippen LogP contribution in [0.1, 0.15) is 106 Å². The topological polar surface area (TPSA) is 128 Å². The Hall–Kier alpha value is -3.47. The summed E-state index contributed by atoms with van der Waals surface area (Å²) in [5.74, 6) is -0.392. The number of unbranched alkanes of at least 4 members (excludes halogenated alkanes) is 5. The molecule has 2 N–H and O–H groups in total. The number of nitrogens with one attached hydrogen (secondary N) is 2. The standard InChI is InChI=1S/C33H51N5O6/c1-33(2,3)44-32(43)37-24-22-36(23-25-37)20-13-11-19-35-28(39)16-6-4-10-18-34-29(40)17-7-5-12-21-38-30(41)26-14-8-9-15-27(26)31(38)42/h8-9,14-15H,4-7,10-13,16-25H2,1-3H3,(H,34,40)(H,35,39). The van der Waals surface area contributed by atoms with Gasteiger partial charge in [-0.05, 0) is 78.0 Å². The molecule has 244 valence electrons. The van der Waals surface area contributed by atoms with Crippen LogP contribution in [0.15, 0.2) is 24.3 Å². The fourth-order valence-corrected chi connectivity index (χ4v) is 5.34. The van der Waals surface area contributed by atoms with Gasteiger partial charge < -0.3 is 20.3 Å². The zero-order valence-electron chi connectivity index (χ0n) is 26.8. The van der Waals surface area contributed by atoms with E-state index in [-0.39, 0.29) is 29.7 Å². The van der Waals surface area contributed by atoms with Crippen molar-refractivity contribution in [3.05, 3.63) is 35.4 Å². The van der Waals surface area contributed by atoms with Crippen molar-refractivity contribution in [2.45, 2.75) is 90.6 Å². The van der Waals surface area contributed by atoms with E-state index in [1.165, 1.54) is 4.90 Å². The Balaban J connectivity index is 1.09. The van der Waals surface area contributed by atoms with Gasteiger partial charge in [-0.3, -0.25) is 29.0 Å². The zero-order chi connectivity index (χ0) is 32.0. The SMILES string of the molecule is CC(C)(C)OC(=O)N1CCN(CCCCNC(=O)CCCCCNC(=O)CCCCCN2C(=O)c3ccccc3C2=O)CC1. The number of piperazine rings is 1. The third-order valence-electron chi connectivity index (χ3n) is 7.81. The van der Waals surface area contributed by atoms with E-state index in [2.05, 4.69) is 15.5 Å². The molecular formula is C33H51N5O6. The predicted octanol–water partition coefficient (Wildman–Crippen LogP) is 3.97. The smallest absolute Gasteiger partial charge is 0.410 e. The molecule has 5 amide bonds. The Kier molecular flexibility index (Phi) is 14.1. The number of ether oxygens (including phenoxy) is 1. The van der Waals surface area contributed by atoms with Crippen LogP contribution in [0.3, 0.4) is 0 Å². The van der Waals surface area contributed by atoms with Crippen LogP contribution in [0.5, 0.6) is 0 Å². The van der Waals surface area contributed by atoms with Gasteiger partial charge in [-0.15, -0.1) is 0 Å². The van der Waals surface area contributed by atoms with E-state index in [0.29, 0.717) is 69.5 Å². The van der Waals surface area contributed by atoms with E-state index in [4.69, 9.17) is 4.74 Å². The molecule has 1 saturated heterocycles. The quantitative estimate of drug-likeness (QED) is 0.201. The third kappa shape index (κ3) is 11.9. The lowest BCUT2D eigenvalue weighted by Crippen LogP contribution is -2.50. The van der Waals surface area contributed by atoms with Crippen molar-refractivity contribution >= 4 is 29.7 Å². The van der Waals surface area contributed by atoms with E-state index < -0.39 is 5.60 Å². The van der Waals surface area contributed by atoms with Crippen molar-refractivity contribution in [1.29, 1.82) is 0 Å². The van der Waals surface area contributed by atoms with Crippen LogP contribution in [-0.4, -0.2) is 102 Å². The maximum absolute atomic E-state index is 12.4. The lowest BCUT2D eigenvalue weighted by atomic mass is 10.1. The van der Waals surface area contributed by atoms with Crippen molar-refractivity contribution in [2.24, 2.45) is 0 Å². The number of carbonyl (C=O) groups excluding carboxylic acids is 5. The molecule has 3 rings (SSSR count). The summed E-state index contributed by atoms with van der Waals surface area (Å²) >= 11 is 0. The Morgan fingerprint density at radius 3 is 1.75 bits per heavy atom. The first-order valence-corrected chi connectivity index (χ1v) is 16.2. The number of rotatable bonds is 17. The Morgan fingerprint density at radius 1 is 0.705 bits per heavy atom. The molecule has 11 nitrogen and oxygen atoms in total. The van der Waals surface area contributed by atoms with Crippen LogP contribution >= 0.6 is 0 Å². The number of fused-ring (bicyclic) bond motifs is 1. The number of nitrogens with zero attached hydrogens (tertiary/aromatic N) is 3. The summed E-state index contributed by atoms with van der Waals surface area (Å²) in [6, 6.07) is 6.88. The number of hydrogen-bond donors (Lipinski definition) is 2. The second kappa shape index (κ2) is 17.7. The second-order valence-corrected chi connectivity index (χ2v) is 12.6. The Bertz CT molecular complexity index is 1090. The molecule has 0 bridgehead atoms. The van der Waals surface area contributed by atoms with Crippen LogP contribution in [-0.2, 0) is 14.3 Å². The number of carbonyl (C=O) groups is 5. The molecule has 1 aromatic carbocycles. The van der Waals surface area contributed by atoms with Crippen LogP contribution in [0.4, 0.5) is 4.79 Å². The highest BCUT2D eigenvalue weighted by Gasteiger charge is 2.34. The van der Waals surface area contributed by atoms with Gasteiger partial charge in [0.1, 0.15) is 5.60 Å². The zero-order valence-corrected chi connectivity index (χ0v) is 26.8. The van der Waals surface area contributed by atoms with Crippen LogP contribution in [0.2, 0.25) is 0 Å².